The van der Waals surface area contributed by atoms with Gasteiger partial charge in [0.05, 0.1) is 7.11 Å². The molecule has 0 radical (unpaired) electrons. The molecule has 0 saturated carbocycles. The van der Waals surface area contributed by atoms with E-state index in [4.69, 9.17) is 9.47 Å². The number of hydrogen-bond donors (Lipinski definition) is 1. The van der Waals surface area contributed by atoms with Crippen LogP contribution in [0.4, 0.5) is 0 Å². The van der Waals surface area contributed by atoms with E-state index in [2.05, 4.69) is 29.2 Å². The summed E-state index contributed by atoms with van der Waals surface area (Å²) in [6.45, 7) is 3.88. The quantitative estimate of drug-likeness (QED) is 0.827. The highest BCUT2D eigenvalue weighted by Gasteiger charge is 2.22. The first-order valence-corrected chi connectivity index (χ1v) is 10.1. The van der Waals surface area contributed by atoms with Crippen LogP contribution in [0.2, 0.25) is 0 Å². The zero-order chi connectivity index (χ0) is 19.2. The van der Waals surface area contributed by atoms with Gasteiger partial charge >= 0.3 is 0 Å². The summed E-state index contributed by atoms with van der Waals surface area (Å²) in [6.07, 6.45) is 5.85. The first-order chi connectivity index (χ1) is 13.1. The fourth-order valence-electron chi connectivity index (χ4n) is 3.90. The maximum atomic E-state index is 12.6. The van der Waals surface area contributed by atoms with Crippen LogP contribution in [0.3, 0.4) is 0 Å². The van der Waals surface area contributed by atoms with Crippen LogP contribution in [-0.4, -0.2) is 75.2 Å². The number of piperidine rings is 2. The third-order valence-corrected chi connectivity index (χ3v) is 5.80. The minimum atomic E-state index is -0.0573. The van der Waals surface area contributed by atoms with Crippen molar-refractivity contribution in [2.75, 3.05) is 47.4 Å². The van der Waals surface area contributed by atoms with Gasteiger partial charge in [0, 0.05) is 31.2 Å². The summed E-state index contributed by atoms with van der Waals surface area (Å²) in [7, 11) is 5.89. The Hall–Kier alpha value is -1.79. The molecule has 2 aliphatic heterocycles. The molecule has 27 heavy (non-hydrogen) atoms. The van der Waals surface area contributed by atoms with Crippen LogP contribution in [0.5, 0.6) is 11.5 Å². The molecule has 0 bridgehead atoms. The molecule has 1 N–H and O–H groups in total. The summed E-state index contributed by atoms with van der Waals surface area (Å²) < 4.78 is 11.6. The number of ether oxygens (including phenoxy) is 2. The van der Waals surface area contributed by atoms with Gasteiger partial charge in [-0.2, -0.15) is 0 Å². The number of likely N-dealkylation sites (tertiary alicyclic amines) is 2. The van der Waals surface area contributed by atoms with Crippen molar-refractivity contribution in [3.63, 3.8) is 0 Å². The van der Waals surface area contributed by atoms with E-state index in [0.29, 0.717) is 23.9 Å². The first kappa shape index (κ1) is 20.0. The number of nitrogens with zero attached hydrogens (tertiary/aromatic N) is 2. The lowest BCUT2D eigenvalue weighted by Gasteiger charge is -2.32. The van der Waals surface area contributed by atoms with Crippen molar-refractivity contribution in [1.82, 2.24) is 15.1 Å². The standard InChI is InChI=1S/C21H33N3O3/c1-23-12-9-18(10-13-23)27-19-8-7-16(14-20(19)26-3)21(25)22-15-17-6-4-5-11-24(17)2/h7-8,14,17-18H,4-6,9-13,15H2,1-3H3,(H,22,25)/t17-/m0/s1. The van der Waals surface area contributed by atoms with E-state index in [1.54, 1.807) is 13.2 Å². The van der Waals surface area contributed by atoms with Crippen LogP contribution in [0.15, 0.2) is 18.2 Å². The number of amides is 1. The van der Waals surface area contributed by atoms with Crippen LogP contribution in [0, 0.1) is 0 Å². The molecule has 6 heteroatoms. The molecule has 1 aromatic carbocycles. The van der Waals surface area contributed by atoms with Gasteiger partial charge in [0.2, 0.25) is 0 Å². The second kappa shape index (κ2) is 9.42. The summed E-state index contributed by atoms with van der Waals surface area (Å²) >= 11 is 0. The maximum Gasteiger partial charge on any atom is 0.251 e. The average Bonchev–Trinajstić information content (AvgIpc) is 2.69. The maximum absolute atomic E-state index is 12.6. The second-order valence-electron chi connectivity index (χ2n) is 7.83. The Kier molecular flexibility index (Phi) is 6.96. The van der Waals surface area contributed by atoms with Crippen molar-refractivity contribution >= 4 is 5.91 Å². The van der Waals surface area contributed by atoms with Crippen molar-refractivity contribution in [1.29, 1.82) is 0 Å². The third kappa shape index (κ3) is 5.36. The van der Waals surface area contributed by atoms with Gasteiger partial charge < -0.3 is 24.6 Å². The van der Waals surface area contributed by atoms with Crippen LogP contribution in [-0.2, 0) is 0 Å². The number of likely N-dealkylation sites (N-methyl/N-ethyl adjacent to an activating group) is 1. The van der Waals surface area contributed by atoms with Gasteiger partial charge in [-0.25, -0.2) is 0 Å². The largest absolute Gasteiger partial charge is 0.493 e. The number of hydrogen-bond acceptors (Lipinski definition) is 5. The minimum absolute atomic E-state index is 0.0573. The Morgan fingerprint density at radius 2 is 1.89 bits per heavy atom. The summed E-state index contributed by atoms with van der Waals surface area (Å²) in [6, 6.07) is 5.90. The van der Waals surface area contributed by atoms with Crippen molar-refractivity contribution in [3.05, 3.63) is 23.8 Å². The Labute approximate surface area is 162 Å². The lowest BCUT2D eigenvalue weighted by atomic mass is 10.0. The van der Waals surface area contributed by atoms with Crippen LogP contribution >= 0.6 is 0 Å². The molecule has 1 atom stereocenters. The van der Waals surface area contributed by atoms with Gasteiger partial charge in [-0.1, -0.05) is 6.42 Å². The van der Waals surface area contributed by atoms with Gasteiger partial charge in [-0.15, -0.1) is 0 Å². The molecule has 1 aromatic rings. The predicted octanol–water partition coefficient (Wildman–Crippen LogP) is 2.38. The number of benzene rings is 1. The summed E-state index contributed by atoms with van der Waals surface area (Å²) in [5.41, 5.74) is 0.612. The Morgan fingerprint density at radius 3 is 2.59 bits per heavy atom. The van der Waals surface area contributed by atoms with Crippen molar-refractivity contribution in [2.24, 2.45) is 0 Å². The highest BCUT2D eigenvalue weighted by atomic mass is 16.5. The van der Waals surface area contributed by atoms with Crippen molar-refractivity contribution in [3.8, 4) is 11.5 Å². The molecule has 1 amide bonds. The van der Waals surface area contributed by atoms with Crippen molar-refractivity contribution < 1.29 is 14.3 Å². The molecule has 6 nitrogen and oxygen atoms in total. The molecule has 2 heterocycles. The SMILES string of the molecule is COc1cc(C(=O)NC[C@@H]2CCCCN2C)ccc1OC1CCN(C)CC1. The zero-order valence-corrected chi connectivity index (χ0v) is 16.9. The van der Waals surface area contributed by atoms with E-state index >= 15 is 0 Å². The fourth-order valence-corrected chi connectivity index (χ4v) is 3.90. The molecule has 3 rings (SSSR count). The topological polar surface area (TPSA) is 54.0 Å². The predicted molar refractivity (Wildman–Crippen MR) is 107 cm³/mol. The molecule has 0 spiro atoms. The van der Waals surface area contributed by atoms with Crippen LogP contribution in [0.25, 0.3) is 0 Å². The second-order valence-corrected chi connectivity index (χ2v) is 7.83. The Balaban J connectivity index is 1.58. The molecule has 2 fully saturated rings. The molecule has 2 aliphatic rings. The van der Waals surface area contributed by atoms with Gasteiger partial charge in [0.1, 0.15) is 6.10 Å². The van der Waals surface area contributed by atoms with E-state index in [-0.39, 0.29) is 12.0 Å². The molecule has 0 aliphatic carbocycles. The fraction of sp³-hybridized carbons (Fsp3) is 0.667. The number of carbonyl (C=O) groups is 1. The lowest BCUT2D eigenvalue weighted by Crippen LogP contribution is -2.44. The normalized spacial score (nSPS) is 22.4. The zero-order valence-electron chi connectivity index (χ0n) is 16.9. The summed E-state index contributed by atoms with van der Waals surface area (Å²) in [4.78, 5) is 17.2. The van der Waals surface area contributed by atoms with Crippen molar-refractivity contribution in [2.45, 2.75) is 44.2 Å². The van der Waals surface area contributed by atoms with E-state index in [1.807, 2.05) is 12.1 Å². The highest BCUT2D eigenvalue weighted by molar-refractivity contribution is 5.94. The molecule has 2 saturated heterocycles. The molecule has 0 aromatic heterocycles. The van der Waals surface area contributed by atoms with Gasteiger partial charge in [0.15, 0.2) is 11.5 Å². The first-order valence-electron chi connectivity index (χ1n) is 10.1. The molecule has 0 unspecified atom stereocenters. The van der Waals surface area contributed by atoms with Crippen LogP contribution in [0.1, 0.15) is 42.5 Å². The number of rotatable bonds is 6. The minimum Gasteiger partial charge on any atom is -0.493 e. The highest BCUT2D eigenvalue weighted by Crippen LogP contribution is 2.30. The molecule has 150 valence electrons. The van der Waals surface area contributed by atoms with Gasteiger partial charge in [0.25, 0.3) is 5.91 Å². The average molecular weight is 376 g/mol. The summed E-state index contributed by atoms with van der Waals surface area (Å²) in [5, 5.41) is 3.07. The summed E-state index contributed by atoms with van der Waals surface area (Å²) in [5.74, 6) is 1.28. The van der Waals surface area contributed by atoms with E-state index in [9.17, 15) is 4.79 Å². The molecular formula is C21H33N3O3. The number of carbonyl (C=O) groups excluding carboxylic acids is 1. The smallest absolute Gasteiger partial charge is 0.251 e. The van der Waals surface area contributed by atoms with E-state index in [1.165, 1.54) is 12.8 Å². The van der Waals surface area contributed by atoms with Gasteiger partial charge in [-0.3, -0.25) is 4.79 Å². The molecular weight excluding hydrogens is 342 g/mol. The Morgan fingerprint density at radius 1 is 1.11 bits per heavy atom. The number of nitrogens with one attached hydrogen (secondary N) is 1. The van der Waals surface area contributed by atoms with E-state index in [0.717, 1.165) is 44.6 Å². The van der Waals surface area contributed by atoms with E-state index < -0.39 is 0 Å². The third-order valence-electron chi connectivity index (χ3n) is 5.80. The van der Waals surface area contributed by atoms with Gasteiger partial charge in [-0.05, 0) is 64.5 Å². The lowest BCUT2D eigenvalue weighted by molar-refractivity contribution is 0.0927. The Bertz CT molecular complexity index is 629. The number of methoxy groups -OCH3 is 1. The monoisotopic (exact) mass is 375 g/mol. The van der Waals surface area contributed by atoms with Crippen LogP contribution < -0.4 is 14.8 Å².